The Hall–Kier alpha value is -1.22. The van der Waals surface area contributed by atoms with Crippen LogP contribution in [0.15, 0.2) is 24.3 Å². The van der Waals surface area contributed by atoms with E-state index in [9.17, 15) is 10.1 Å². The molecule has 0 bridgehead atoms. The molecule has 7 nitrogen and oxygen atoms in total. The number of ether oxygens (including phenoxy) is 4. The molecule has 0 amide bonds. The molecule has 0 unspecified atom stereocenters. The number of fused-ring (bicyclic) bond motifs is 1. The molecule has 4 atom stereocenters. The molecule has 0 aliphatic carbocycles. The first-order chi connectivity index (χ1) is 10.4. The first kappa shape index (κ1) is 15.7. The highest BCUT2D eigenvalue weighted by Gasteiger charge is 2.54. The quantitative estimate of drug-likeness (QED) is 0.458. The maximum atomic E-state index is 10.6. The molecule has 1 aromatic carbocycles. The molecular formula is C14H16BrNO6. The van der Waals surface area contributed by atoms with Crippen molar-refractivity contribution < 1.29 is 23.9 Å². The summed E-state index contributed by atoms with van der Waals surface area (Å²) in [4.78, 5) is 10.2. The molecule has 2 heterocycles. The fourth-order valence-corrected chi connectivity index (χ4v) is 3.29. The molecule has 2 aliphatic heterocycles. The Morgan fingerprint density at radius 2 is 1.91 bits per heavy atom. The summed E-state index contributed by atoms with van der Waals surface area (Å²) in [5, 5.41) is 10.4. The molecular weight excluding hydrogens is 358 g/mol. The molecule has 1 aromatic rings. The van der Waals surface area contributed by atoms with Crippen LogP contribution in [0.4, 0.5) is 5.69 Å². The third kappa shape index (κ3) is 3.10. The first-order valence-corrected chi connectivity index (χ1v) is 7.80. The fraction of sp³-hybridized carbons (Fsp3) is 0.571. The molecule has 0 radical (unpaired) electrons. The second-order valence-corrected chi connectivity index (χ2v) is 6.55. The van der Waals surface area contributed by atoms with Gasteiger partial charge in [-0.25, -0.2) is 0 Å². The van der Waals surface area contributed by atoms with Gasteiger partial charge in [0.2, 0.25) is 0 Å². The zero-order chi connectivity index (χ0) is 15.9. The van der Waals surface area contributed by atoms with E-state index in [1.165, 1.54) is 12.1 Å². The molecule has 8 heteroatoms. The fourth-order valence-electron chi connectivity index (χ4n) is 2.61. The molecule has 3 rings (SSSR count). The second-order valence-electron chi connectivity index (χ2n) is 5.65. The molecule has 120 valence electrons. The van der Waals surface area contributed by atoms with Gasteiger partial charge in [0.1, 0.15) is 35.7 Å². The highest BCUT2D eigenvalue weighted by atomic mass is 79.9. The van der Waals surface area contributed by atoms with Crippen molar-refractivity contribution in [3.05, 3.63) is 34.4 Å². The van der Waals surface area contributed by atoms with Crippen LogP contribution in [0.3, 0.4) is 0 Å². The zero-order valence-corrected chi connectivity index (χ0v) is 13.7. The van der Waals surface area contributed by atoms with Crippen molar-refractivity contribution in [1.29, 1.82) is 0 Å². The van der Waals surface area contributed by atoms with Crippen molar-refractivity contribution in [2.45, 2.75) is 43.0 Å². The molecule has 2 aliphatic rings. The molecule has 22 heavy (non-hydrogen) atoms. The summed E-state index contributed by atoms with van der Waals surface area (Å²) in [7, 11) is 0. The summed E-state index contributed by atoms with van der Waals surface area (Å²) in [5.41, 5.74) is 0.0272. The topological polar surface area (TPSA) is 80.1 Å². The van der Waals surface area contributed by atoms with E-state index >= 15 is 0 Å². The van der Waals surface area contributed by atoms with Crippen molar-refractivity contribution in [3.8, 4) is 5.75 Å². The van der Waals surface area contributed by atoms with E-state index in [2.05, 4.69) is 15.9 Å². The minimum Gasteiger partial charge on any atom is -0.491 e. The normalized spacial score (nSPS) is 32.7. The number of nitro groups is 1. The van der Waals surface area contributed by atoms with Crippen molar-refractivity contribution >= 4 is 21.6 Å². The maximum Gasteiger partial charge on any atom is 0.269 e. The highest BCUT2D eigenvalue weighted by Crippen LogP contribution is 2.40. The van der Waals surface area contributed by atoms with Crippen molar-refractivity contribution in [2.24, 2.45) is 0 Å². The van der Waals surface area contributed by atoms with Crippen molar-refractivity contribution in [3.63, 3.8) is 0 Å². The maximum absolute atomic E-state index is 10.6. The molecule has 2 fully saturated rings. The monoisotopic (exact) mass is 373 g/mol. The number of halogens is 1. The van der Waals surface area contributed by atoms with Gasteiger partial charge in [-0.15, -0.1) is 0 Å². The summed E-state index contributed by atoms with van der Waals surface area (Å²) >= 11 is 3.43. The van der Waals surface area contributed by atoms with Crippen LogP contribution in [-0.4, -0.2) is 40.6 Å². The highest BCUT2D eigenvalue weighted by molar-refractivity contribution is 9.09. The van der Waals surface area contributed by atoms with E-state index in [4.69, 9.17) is 18.9 Å². The zero-order valence-electron chi connectivity index (χ0n) is 12.1. The Morgan fingerprint density at radius 1 is 1.27 bits per heavy atom. The Bertz CT molecular complexity index is 563. The first-order valence-electron chi connectivity index (χ1n) is 6.88. The Balaban J connectivity index is 1.61. The van der Waals surface area contributed by atoms with Gasteiger partial charge in [0, 0.05) is 12.1 Å². The van der Waals surface area contributed by atoms with E-state index in [0.29, 0.717) is 5.75 Å². The number of hydrogen-bond donors (Lipinski definition) is 0. The predicted molar refractivity (Wildman–Crippen MR) is 80.0 cm³/mol. The van der Waals surface area contributed by atoms with Crippen molar-refractivity contribution in [1.82, 2.24) is 0 Å². The van der Waals surface area contributed by atoms with E-state index in [1.54, 1.807) is 12.1 Å². The van der Waals surface area contributed by atoms with Gasteiger partial charge in [-0.3, -0.25) is 10.1 Å². The standard InChI is InChI=1S/C14H16BrNO6/c1-14(2)21-11-10(20-13(15)12(11)22-14)7-19-9-5-3-8(4-6-9)16(17)18/h3-6,10-13H,7H2,1-2H3/t10-,11-,12-,13+/m1/s1. The van der Waals surface area contributed by atoms with Crippen LogP contribution < -0.4 is 4.74 Å². The largest absolute Gasteiger partial charge is 0.491 e. The van der Waals surface area contributed by atoms with Crippen LogP contribution in [0.5, 0.6) is 5.75 Å². The second kappa shape index (κ2) is 5.77. The number of nitrogens with zero attached hydrogens (tertiary/aromatic N) is 1. The SMILES string of the molecule is CC1(C)O[C@@H]2[C@H](O1)[C@@H](COc1ccc([N+](=O)[O-])cc1)O[C@@H]2Br. The van der Waals surface area contributed by atoms with Gasteiger partial charge in [-0.05, 0) is 26.0 Å². The average molecular weight is 374 g/mol. The number of nitro benzene ring substituents is 1. The number of alkyl halides is 1. The van der Waals surface area contributed by atoms with E-state index < -0.39 is 10.7 Å². The summed E-state index contributed by atoms with van der Waals surface area (Å²) in [6.45, 7) is 4.00. The molecule has 0 aromatic heterocycles. The van der Waals surface area contributed by atoms with Crippen molar-refractivity contribution in [2.75, 3.05) is 6.61 Å². The molecule has 2 saturated heterocycles. The van der Waals surface area contributed by atoms with Gasteiger partial charge in [0.05, 0.1) is 4.92 Å². The van der Waals surface area contributed by atoms with E-state index in [0.717, 1.165) is 0 Å². The van der Waals surface area contributed by atoms with E-state index in [1.807, 2.05) is 13.8 Å². The predicted octanol–water partition coefficient (Wildman–Crippen LogP) is 2.61. The summed E-state index contributed by atoms with van der Waals surface area (Å²) in [5.74, 6) is -0.0987. The molecule has 0 spiro atoms. The lowest BCUT2D eigenvalue weighted by molar-refractivity contribution is -0.384. The Labute approximate surface area is 135 Å². The minimum atomic E-state index is -0.642. The van der Waals surface area contributed by atoms with Gasteiger partial charge in [0.15, 0.2) is 5.79 Å². The third-order valence-corrected chi connectivity index (χ3v) is 4.29. The van der Waals surface area contributed by atoms with Gasteiger partial charge >= 0.3 is 0 Å². The van der Waals surface area contributed by atoms with Crippen LogP contribution in [-0.2, 0) is 14.2 Å². The third-order valence-electron chi connectivity index (χ3n) is 3.55. The summed E-state index contributed by atoms with van der Waals surface area (Å²) in [6, 6.07) is 5.93. The molecule has 0 saturated carbocycles. The minimum absolute atomic E-state index is 0.0272. The van der Waals surface area contributed by atoms with Crippen LogP contribution >= 0.6 is 15.9 Å². The Kier molecular flexibility index (Phi) is 4.11. The lowest BCUT2D eigenvalue weighted by Gasteiger charge is -2.22. The summed E-state index contributed by atoms with van der Waals surface area (Å²) in [6.07, 6.45) is -0.663. The Morgan fingerprint density at radius 3 is 2.55 bits per heavy atom. The van der Waals surface area contributed by atoms with Gasteiger partial charge in [0.25, 0.3) is 5.69 Å². The lowest BCUT2D eigenvalue weighted by Crippen LogP contribution is -2.33. The van der Waals surface area contributed by atoms with Crippen LogP contribution in [0.2, 0.25) is 0 Å². The van der Waals surface area contributed by atoms with Gasteiger partial charge in [-0.2, -0.15) is 0 Å². The lowest BCUT2D eigenvalue weighted by atomic mass is 10.1. The van der Waals surface area contributed by atoms with E-state index in [-0.39, 0.29) is 35.6 Å². The number of hydrogen-bond acceptors (Lipinski definition) is 6. The number of non-ortho nitro benzene ring substituents is 1. The number of rotatable bonds is 4. The average Bonchev–Trinajstić information content (AvgIpc) is 2.92. The van der Waals surface area contributed by atoms with Gasteiger partial charge < -0.3 is 18.9 Å². The van der Waals surface area contributed by atoms with Crippen LogP contribution in [0.25, 0.3) is 0 Å². The van der Waals surface area contributed by atoms with Gasteiger partial charge in [-0.1, -0.05) is 15.9 Å². The smallest absolute Gasteiger partial charge is 0.269 e. The van der Waals surface area contributed by atoms with Crippen LogP contribution in [0, 0.1) is 10.1 Å². The summed E-state index contributed by atoms with van der Waals surface area (Å²) < 4.78 is 23.0. The number of benzene rings is 1. The van der Waals surface area contributed by atoms with Crippen LogP contribution in [0.1, 0.15) is 13.8 Å². The molecule has 0 N–H and O–H groups in total.